The molecule has 2 saturated heterocycles. The second-order valence-electron chi connectivity index (χ2n) is 8.40. The summed E-state index contributed by atoms with van der Waals surface area (Å²) in [4.78, 5) is 52.2. The van der Waals surface area contributed by atoms with Crippen LogP contribution in [0, 0.1) is 0 Å². The van der Waals surface area contributed by atoms with Gasteiger partial charge in [-0.1, -0.05) is 42.5 Å². The Hall–Kier alpha value is -2.82. The first-order valence-electron chi connectivity index (χ1n) is 10.9. The molecule has 3 aliphatic heterocycles. The second-order valence-corrected chi connectivity index (χ2v) is 11.1. The fraction of sp³-hybridized carbons (Fsp3) is 0.333. The van der Waals surface area contributed by atoms with Crippen LogP contribution in [0.2, 0.25) is 0 Å². The third kappa shape index (κ3) is 3.99. The van der Waals surface area contributed by atoms with Crippen molar-refractivity contribution in [1.29, 1.82) is 0 Å². The molecule has 2 fully saturated rings. The zero-order valence-electron chi connectivity index (χ0n) is 18.0. The summed E-state index contributed by atoms with van der Waals surface area (Å²) < 4.78 is 5.43. The van der Waals surface area contributed by atoms with Crippen molar-refractivity contribution in [2.75, 3.05) is 11.5 Å². The van der Waals surface area contributed by atoms with Crippen molar-refractivity contribution in [3.63, 3.8) is 0 Å². The van der Waals surface area contributed by atoms with Crippen LogP contribution in [-0.4, -0.2) is 61.4 Å². The molecule has 4 unspecified atom stereocenters. The Labute approximate surface area is 204 Å². The Morgan fingerprint density at radius 3 is 2.32 bits per heavy atom. The number of carbonyl (C=O) groups excluding carboxylic acids is 3. The molecular formula is C24H22N2O6S2. The fourth-order valence-electron chi connectivity index (χ4n) is 4.63. The van der Waals surface area contributed by atoms with Gasteiger partial charge in [0.05, 0.1) is 27.7 Å². The number of carbonyl (C=O) groups is 4. The summed E-state index contributed by atoms with van der Waals surface area (Å²) in [6, 6.07) is 14.5. The van der Waals surface area contributed by atoms with Crippen molar-refractivity contribution in [2.45, 2.75) is 35.2 Å². The van der Waals surface area contributed by atoms with Gasteiger partial charge in [-0.3, -0.25) is 24.5 Å². The predicted molar refractivity (Wildman–Crippen MR) is 127 cm³/mol. The Morgan fingerprint density at radius 2 is 1.74 bits per heavy atom. The van der Waals surface area contributed by atoms with E-state index < -0.39 is 46.1 Å². The molecule has 2 amide bonds. The van der Waals surface area contributed by atoms with Gasteiger partial charge in [-0.05, 0) is 24.3 Å². The molecule has 2 aromatic carbocycles. The molecule has 8 nitrogen and oxygen atoms in total. The predicted octanol–water partition coefficient (Wildman–Crippen LogP) is 2.91. The Balaban J connectivity index is 1.46. The van der Waals surface area contributed by atoms with Crippen molar-refractivity contribution in [2.24, 2.45) is 0 Å². The standard InChI is InChI=1S/C24H22N2O6S2/c27-18(28)12-17-25-19(24(34-17)10-11-33-13-24)23(31)32-22(14-6-2-1-3-7-14)26-20(29)15-8-4-5-9-16(15)21(26)30/h1-9,17,19,22,25H,10-13H2,(H,27,28). The lowest BCUT2D eigenvalue weighted by atomic mass is 9.98. The Morgan fingerprint density at radius 1 is 1.09 bits per heavy atom. The largest absolute Gasteiger partial charge is 0.481 e. The minimum absolute atomic E-state index is 0.124. The monoisotopic (exact) mass is 498 g/mol. The lowest BCUT2D eigenvalue weighted by Gasteiger charge is -2.31. The van der Waals surface area contributed by atoms with E-state index in [-0.39, 0.29) is 17.5 Å². The molecule has 10 heteroatoms. The van der Waals surface area contributed by atoms with Crippen LogP contribution < -0.4 is 5.32 Å². The first-order valence-corrected chi connectivity index (χ1v) is 12.9. The van der Waals surface area contributed by atoms with E-state index in [1.165, 1.54) is 11.8 Å². The molecule has 2 N–H and O–H groups in total. The van der Waals surface area contributed by atoms with Crippen LogP contribution in [0.1, 0.15) is 45.3 Å². The summed E-state index contributed by atoms with van der Waals surface area (Å²) in [5, 5.41) is 12.0. The average Bonchev–Trinajstić information content (AvgIpc) is 3.51. The molecule has 4 atom stereocenters. The van der Waals surface area contributed by atoms with E-state index in [9.17, 15) is 24.3 Å². The number of hydrogen-bond acceptors (Lipinski definition) is 8. The number of rotatable bonds is 6. The number of ether oxygens (including phenoxy) is 1. The Bertz CT molecular complexity index is 1120. The van der Waals surface area contributed by atoms with Gasteiger partial charge in [0, 0.05) is 11.3 Å². The maximum Gasteiger partial charge on any atom is 0.326 e. The van der Waals surface area contributed by atoms with E-state index in [2.05, 4.69) is 5.32 Å². The number of carboxylic acid groups (broad SMARTS) is 1. The number of hydrogen-bond donors (Lipinski definition) is 2. The van der Waals surface area contributed by atoms with Crippen molar-refractivity contribution < 1.29 is 29.0 Å². The topological polar surface area (TPSA) is 113 Å². The molecule has 0 saturated carbocycles. The van der Waals surface area contributed by atoms with Gasteiger partial charge in [0.15, 0.2) is 0 Å². The molecule has 0 radical (unpaired) electrons. The van der Waals surface area contributed by atoms with E-state index in [0.717, 1.165) is 17.1 Å². The van der Waals surface area contributed by atoms with Gasteiger partial charge in [0.25, 0.3) is 11.8 Å². The second kappa shape index (κ2) is 9.09. The minimum atomic E-state index is -1.24. The van der Waals surface area contributed by atoms with E-state index in [4.69, 9.17) is 4.74 Å². The van der Waals surface area contributed by atoms with Crippen LogP contribution in [0.25, 0.3) is 0 Å². The van der Waals surface area contributed by atoms with Gasteiger partial charge in [-0.25, -0.2) is 4.90 Å². The number of thioether (sulfide) groups is 2. The average molecular weight is 499 g/mol. The van der Waals surface area contributed by atoms with Crippen molar-refractivity contribution >= 4 is 47.3 Å². The van der Waals surface area contributed by atoms with Gasteiger partial charge in [0.2, 0.25) is 6.23 Å². The van der Waals surface area contributed by atoms with Gasteiger partial charge >= 0.3 is 11.9 Å². The molecule has 176 valence electrons. The van der Waals surface area contributed by atoms with E-state index in [1.807, 2.05) is 0 Å². The lowest BCUT2D eigenvalue weighted by molar-refractivity contribution is -0.158. The molecule has 34 heavy (non-hydrogen) atoms. The third-order valence-electron chi connectivity index (χ3n) is 6.24. The minimum Gasteiger partial charge on any atom is -0.481 e. The van der Waals surface area contributed by atoms with Gasteiger partial charge < -0.3 is 9.84 Å². The van der Waals surface area contributed by atoms with Crippen molar-refractivity contribution in [3.8, 4) is 0 Å². The smallest absolute Gasteiger partial charge is 0.326 e. The first kappa shape index (κ1) is 22.9. The quantitative estimate of drug-likeness (QED) is 0.458. The first-order chi connectivity index (χ1) is 16.4. The molecule has 5 rings (SSSR count). The summed E-state index contributed by atoms with van der Waals surface area (Å²) in [6.07, 6.45) is -0.632. The molecule has 0 bridgehead atoms. The number of imide groups is 1. The maximum absolute atomic E-state index is 13.6. The van der Waals surface area contributed by atoms with Crippen LogP contribution in [-0.2, 0) is 14.3 Å². The molecule has 0 aromatic heterocycles. The lowest BCUT2D eigenvalue weighted by Crippen LogP contribution is -2.50. The molecule has 2 aromatic rings. The number of nitrogens with zero attached hydrogens (tertiary/aromatic N) is 1. The Kier molecular flexibility index (Phi) is 6.13. The summed E-state index contributed by atoms with van der Waals surface area (Å²) in [7, 11) is 0. The molecule has 3 heterocycles. The van der Waals surface area contributed by atoms with Gasteiger partial charge in [0.1, 0.15) is 6.04 Å². The number of esters is 1. The fourth-order valence-corrected chi connectivity index (χ4v) is 8.11. The van der Waals surface area contributed by atoms with Gasteiger partial charge in [-0.15, -0.1) is 11.8 Å². The highest BCUT2D eigenvalue weighted by molar-refractivity contribution is 8.05. The number of nitrogens with one attached hydrogen (secondary N) is 1. The zero-order chi connectivity index (χ0) is 23.9. The van der Waals surface area contributed by atoms with Crippen LogP contribution in [0.15, 0.2) is 54.6 Å². The normalized spacial score (nSPS) is 26.6. The number of aliphatic carboxylic acids is 1. The SMILES string of the molecule is O=C(O)CC1NC(C(=O)OC(c2ccccc2)N2C(=O)c3ccccc3C2=O)C2(CCSC2)S1. The van der Waals surface area contributed by atoms with Crippen LogP contribution in [0.5, 0.6) is 0 Å². The van der Waals surface area contributed by atoms with E-state index >= 15 is 0 Å². The summed E-state index contributed by atoms with van der Waals surface area (Å²) >= 11 is 3.18. The van der Waals surface area contributed by atoms with E-state index in [1.54, 1.807) is 66.4 Å². The molecule has 1 spiro atoms. The third-order valence-corrected chi connectivity index (χ3v) is 9.28. The van der Waals surface area contributed by atoms with Crippen LogP contribution in [0.3, 0.4) is 0 Å². The highest BCUT2D eigenvalue weighted by Crippen LogP contribution is 2.49. The van der Waals surface area contributed by atoms with Crippen LogP contribution >= 0.6 is 23.5 Å². The highest BCUT2D eigenvalue weighted by Gasteiger charge is 2.55. The number of benzene rings is 2. The maximum atomic E-state index is 13.6. The zero-order valence-corrected chi connectivity index (χ0v) is 19.6. The van der Waals surface area contributed by atoms with Crippen LogP contribution in [0.4, 0.5) is 0 Å². The number of carboxylic acids is 1. The van der Waals surface area contributed by atoms with Crippen molar-refractivity contribution in [3.05, 3.63) is 71.3 Å². The summed E-state index contributed by atoms with van der Waals surface area (Å²) in [5.41, 5.74) is 1.03. The molecule has 3 aliphatic rings. The number of fused-ring (bicyclic) bond motifs is 1. The summed E-state index contributed by atoms with van der Waals surface area (Å²) in [5.74, 6) is -1.05. The van der Waals surface area contributed by atoms with Gasteiger partial charge in [-0.2, -0.15) is 11.8 Å². The highest BCUT2D eigenvalue weighted by atomic mass is 32.2. The number of amides is 2. The van der Waals surface area contributed by atoms with Crippen molar-refractivity contribution in [1.82, 2.24) is 10.2 Å². The summed E-state index contributed by atoms with van der Waals surface area (Å²) in [6.45, 7) is 0. The molecule has 0 aliphatic carbocycles. The molecular weight excluding hydrogens is 476 g/mol. The van der Waals surface area contributed by atoms with E-state index in [0.29, 0.717) is 11.3 Å².